The summed E-state index contributed by atoms with van der Waals surface area (Å²) >= 11 is 0. The van der Waals surface area contributed by atoms with Gasteiger partial charge < -0.3 is 10.4 Å². The SMILES string of the molecule is CCC(C)NC(=O)CN1C(C(=O)O)CC2CCCCC21. The van der Waals surface area contributed by atoms with E-state index in [1.165, 1.54) is 6.42 Å². The molecule has 0 aromatic rings. The van der Waals surface area contributed by atoms with Crippen molar-refractivity contribution in [3.63, 3.8) is 0 Å². The van der Waals surface area contributed by atoms with E-state index in [2.05, 4.69) is 5.32 Å². The van der Waals surface area contributed by atoms with E-state index in [9.17, 15) is 14.7 Å². The highest BCUT2D eigenvalue weighted by Gasteiger charge is 2.45. The third kappa shape index (κ3) is 3.32. The van der Waals surface area contributed by atoms with E-state index >= 15 is 0 Å². The number of hydrogen-bond donors (Lipinski definition) is 2. The first-order valence-electron chi connectivity index (χ1n) is 7.80. The van der Waals surface area contributed by atoms with Gasteiger partial charge in [0.25, 0.3) is 0 Å². The lowest BCUT2D eigenvalue weighted by Gasteiger charge is -2.32. The van der Waals surface area contributed by atoms with Gasteiger partial charge in [0, 0.05) is 12.1 Å². The highest BCUT2D eigenvalue weighted by molar-refractivity contribution is 5.80. The molecule has 2 aliphatic rings. The Balaban J connectivity index is 2.01. The van der Waals surface area contributed by atoms with Crippen LogP contribution < -0.4 is 5.32 Å². The summed E-state index contributed by atoms with van der Waals surface area (Å²) in [6, 6.07) is -0.0474. The van der Waals surface area contributed by atoms with Gasteiger partial charge in [0.05, 0.1) is 6.54 Å². The smallest absolute Gasteiger partial charge is 0.320 e. The lowest BCUT2D eigenvalue weighted by molar-refractivity contribution is -0.143. The number of aliphatic carboxylic acids is 1. The molecule has 0 bridgehead atoms. The minimum atomic E-state index is -0.782. The number of carbonyl (C=O) groups is 2. The van der Waals surface area contributed by atoms with Gasteiger partial charge in [-0.25, -0.2) is 0 Å². The van der Waals surface area contributed by atoms with Gasteiger partial charge in [-0.05, 0) is 38.5 Å². The largest absolute Gasteiger partial charge is 0.480 e. The Labute approximate surface area is 120 Å². The number of likely N-dealkylation sites (tertiary alicyclic amines) is 1. The fourth-order valence-corrected chi connectivity index (χ4v) is 3.61. The molecule has 1 aliphatic heterocycles. The fraction of sp³-hybridized carbons (Fsp3) is 0.867. The minimum Gasteiger partial charge on any atom is -0.480 e. The first-order valence-corrected chi connectivity index (χ1v) is 7.80. The molecule has 0 spiro atoms. The topological polar surface area (TPSA) is 69.6 Å². The van der Waals surface area contributed by atoms with Crippen LogP contribution in [0.25, 0.3) is 0 Å². The Bertz CT molecular complexity index is 372. The Hall–Kier alpha value is -1.10. The van der Waals surface area contributed by atoms with E-state index in [0.717, 1.165) is 25.7 Å². The average Bonchev–Trinajstić information content (AvgIpc) is 2.78. The summed E-state index contributed by atoms with van der Waals surface area (Å²) in [5.74, 6) is -0.367. The third-order valence-electron chi connectivity index (χ3n) is 4.85. The first kappa shape index (κ1) is 15.3. The molecule has 1 saturated heterocycles. The van der Waals surface area contributed by atoms with Crippen LogP contribution in [0.2, 0.25) is 0 Å². The van der Waals surface area contributed by atoms with Crippen LogP contribution in [-0.2, 0) is 9.59 Å². The molecular formula is C15H26N2O3. The second kappa shape index (κ2) is 6.57. The maximum Gasteiger partial charge on any atom is 0.320 e. The summed E-state index contributed by atoms with van der Waals surface area (Å²) in [6.45, 7) is 4.22. The van der Waals surface area contributed by atoms with Gasteiger partial charge >= 0.3 is 5.97 Å². The van der Waals surface area contributed by atoms with Crippen molar-refractivity contribution in [3.05, 3.63) is 0 Å². The molecule has 5 heteroatoms. The van der Waals surface area contributed by atoms with E-state index < -0.39 is 12.0 Å². The van der Waals surface area contributed by atoms with Gasteiger partial charge in [-0.1, -0.05) is 19.8 Å². The summed E-state index contributed by atoms with van der Waals surface area (Å²) in [4.78, 5) is 25.4. The number of carboxylic acids is 1. The van der Waals surface area contributed by atoms with Gasteiger partial charge in [0.2, 0.25) is 5.91 Å². The van der Waals surface area contributed by atoms with Crippen molar-refractivity contribution < 1.29 is 14.7 Å². The molecule has 0 aromatic carbocycles. The van der Waals surface area contributed by atoms with Crippen LogP contribution >= 0.6 is 0 Å². The zero-order chi connectivity index (χ0) is 14.7. The van der Waals surface area contributed by atoms with Crippen molar-refractivity contribution in [1.29, 1.82) is 0 Å². The molecule has 2 N–H and O–H groups in total. The molecule has 0 radical (unpaired) electrons. The van der Waals surface area contributed by atoms with Gasteiger partial charge in [0.1, 0.15) is 6.04 Å². The van der Waals surface area contributed by atoms with Crippen LogP contribution in [0.3, 0.4) is 0 Å². The van der Waals surface area contributed by atoms with E-state index in [0.29, 0.717) is 12.3 Å². The summed E-state index contributed by atoms with van der Waals surface area (Å²) < 4.78 is 0. The van der Waals surface area contributed by atoms with E-state index in [1.807, 2.05) is 18.7 Å². The summed E-state index contributed by atoms with van der Waals surface area (Å²) in [5.41, 5.74) is 0. The van der Waals surface area contributed by atoms with Crippen LogP contribution in [0.4, 0.5) is 0 Å². The Morgan fingerprint density at radius 3 is 2.70 bits per heavy atom. The van der Waals surface area contributed by atoms with Crippen molar-refractivity contribution in [1.82, 2.24) is 10.2 Å². The predicted octanol–water partition coefficient (Wildman–Crippen LogP) is 1.62. The number of rotatable bonds is 5. The van der Waals surface area contributed by atoms with E-state index in [1.54, 1.807) is 0 Å². The van der Waals surface area contributed by atoms with Crippen molar-refractivity contribution in [2.75, 3.05) is 6.54 Å². The van der Waals surface area contributed by atoms with Gasteiger partial charge in [-0.2, -0.15) is 0 Å². The number of amides is 1. The van der Waals surface area contributed by atoms with Crippen LogP contribution in [0, 0.1) is 5.92 Å². The Morgan fingerprint density at radius 2 is 2.05 bits per heavy atom. The molecule has 2 fully saturated rings. The highest BCUT2D eigenvalue weighted by atomic mass is 16.4. The van der Waals surface area contributed by atoms with Crippen molar-refractivity contribution in [3.8, 4) is 0 Å². The number of nitrogens with one attached hydrogen (secondary N) is 1. The molecule has 4 unspecified atom stereocenters. The second-order valence-electron chi connectivity index (χ2n) is 6.25. The van der Waals surface area contributed by atoms with Gasteiger partial charge in [-0.3, -0.25) is 14.5 Å². The van der Waals surface area contributed by atoms with E-state index in [-0.39, 0.29) is 24.5 Å². The van der Waals surface area contributed by atoms with Crippen molar-refractivity contribution >= 4 is 11.9 Å². The number of carboxylic acid groups (broad SMARTS) is 1. The standard InChI is InChI=1S/C15H26N2O3/c1-3-10(2)16-14(18)9-17-12-7-5-4-6-11(12)8-13(17)15(19)20/h10-13H,3-9H2,1-2H3,(H,16,18)(H,19,20). The monoisotopic (exact) mass is 282 g/mol. The lowest BCUT2D eigenvalue weighted by atomic mass is 9.85. The number of carbonyl (C=O) groups excluding carboxylic acids is 1. The average molecular weight is 282 g/mol. The van der Waals surface area contributed by atoms with Crippen LogP contribution in [0.1, 0.15) is 52.4 Å². The predicted molar refractivity (Wildman–Crippen MR) is 76.4 cm³/mol. The summed E-state index contributed by atoms with van der Waals surface area (Å²) in [7, 11) is 0. The minimum absolute atomic E-state index is 0.0446. The summed E-state index contributed by atoms with van der Waals surface area (Å²) in [6.07, 6.45) is 6.08. The van der Waals surface area contributed by atoms with Crippen molar-refractivity contribution in [2.24, 2.45) is 5.92 Å². The molecular weight excluding hydrogens is 256 g/mol. The van der Waals surface area contributed by atoms with Crippen LogP contribution in [0.15, 0.2) is 0 Å². The zero-order valence-corrected chi connectivity index (χ0v) is 12.5. The van der Waals surface area contributed by atoms with Gasteiger partial charge in [-0.15, -0.1) is 0 Å². The highest BCUT2D eigenvalue weighted by Crippen LogP contribution is 2.39. The quantitative estimate of drug-likeness (QED) is 0.804. The maximum absolute atomic E-state index is 12.1. The van der Waals surface area contributed by atoms with Gasteiger partial charge in [0.15, 0.2) is 0 Å². The molecule has 4 atom stereocenters. The molecule has 20 heavy (non-hydrogen) atoms. The van der Waals surface area contributed by atoms with Crippen LogP contribution in [0.5, 0.6) is 0 Å². The number of nitrogens with zero attached hydrogens (tertiary/aromatic N) is 1. The summed E-state index contributed by atoms with van der Waals surface area (Å²) in [5, 5.41) is 12.3. The molecule has 114 valence electrons. The molecule has 2 rings (SSSR count). The molecule has 1 aliphatic carbocycles. The normalized spacial score (nSPS) is 31.6. The fourth-order valence-electron chi connectivity index (χ4n) is 3.61. The zero-order valence-electron chi connectivity index (χ0n) is 12.5. The maximum atomic E-state index is 12.1. The second-order valence-corrected chi connectivity index (χ2v) is 6.25. The molecule has 0 aromatic heterocycles. The van der Waals surface area contributed by atoms with Crippen molar-refractivity contribution in [2.45, 2.75) is 70.5 Å². The Kier molecular flexibility index (Phi) is 5.02. The lowest BCUT2D eigenvalue weighted by Crippen LogP contribution is -2.48. The first-order chi connectivity index (χ1) is 9.52. The molecule has 1 saturated carbocycles. The molecule has 5 nitrogen and oxygen atoms in total. The third-order valence-corrected chi connectivity index (χ3v) is 4.85. The number of hydrogen-bond acceptors (Lipinski definition) is 3. The molecule has 1 heterocycles. The van der Waals surface area contributed by atoms with E-state index in [4.69, 9.17) is 0 Å². The Morgan fingerprint density at radius 1 is 1.35 bits per heavy atom. The molecule has 1 amide bonds. The number of fused-ring (bicyclic) bond motifs is 1. The van der Waals surface area contributed by atoms with Crippen LogP contribution in [-0.4, -0.2) is 46.6 Å².